The lowest BCUT2D eigenvalue weighted by molar-refractivity contribution is -0.0492. The molecule has 0 aromatic rings. The van der Waals surface area contributed by atoms with E-state index in [1.165, 1.54) is 128 Å². The maximum Gasteiger partial charge on any atom is 0.0101 e. The highest BCUT2D eigenvalue weighted by Crippen LogP contribution is 2.59. The van der Waals surface area contributed by atoms with Crippen LogP contribution in [-0.4, -0.2) is 46.1 Å². The van der Waals surface area contributed by atoms with E-state index in [1.54, 1.807) is 154 Å². The molecule has 11 aliphatic rings. The van der Waals surface area contributed by atoms with Gasteiger partial charge in [-0.1, -0.05) is 103 Å². The van der Waals surface area contributed by atoms with Crippen LogP contribution in [0.5, 0.6) is 0 Å². The first-order chi connectivity index (χ1) is 31.8. The van der Waals surface area contributed by atoms with Crippen LogP contribution in [0.1, 0.15) is 283 Å². The van der Waals surface area contributed by atoms with Gasteiger partial charge in [-0.3, -0.25) is 9.80 Å². The lowest BCUT2D eigenvalue weighted by atomic mass is 9.51. The van der Waals surface area contributed by atoms with Gasteiger partial charge in [-0.2, -0.15) is 0 Å². The Kier molecular flexibility index (Phi) is 16.2. The molecule has 0 N–H and O–H groups in total. The van der Waals surface area contributed by atoms with Gasteiger partial charge >= 0.3 is 0 Å². The van der Waals surface area contributed by atoms with E-state index in [0.717, 1.165) is 107 Å². The van der Waals surface area contributed by atoms with E-state index in [0.29, 0.717) is 0 Å². The Balaban J connectivity index is 0.675. The lowest BCUT2D eigenvalue weighted by Gasteiger charge is -2.55. The van der Waals surface area contributed by atoms with Gasteiger partial charge < -0.3 is 0 Å². The van der Waals surface area contributed by atoms with Crippen LogP contribution in [0.3, 0.4) is 0 Å². The Hall–Kier alpha value is -0.0800. The molecule has 0 radical (unpaired) electrons. The zero-order chi connectivity index (χ0) is 42.7. The standard InChI is InChI=1S/C62H106N2/c1-5-17-49(18-6-1)63(50-19-7-2-8-20-50)53-37-33-47(34-38-53)57-43-41-55(59-25-13-15-27-61(57)59)45-29-31-46(32-30-45)56-42-44-58(62-28-16-14-26-60(56)62)48-35-39-54(40-36-48)64(51-21-9-3-10-22-51)52-23-11-4-12-24-52/h45-62H,1-44H2. The predicted molar refractivity (Wildman–Crippen MR) is 271 cm³/mol. The maximum atomic E-state index is 3.25. The van der Waals surface area contributed by atoms with Gasteiger partial charge in [0, 0.05) is 36.3 Å². The van der Waals surface area contributed by atoms with Gasteiger partial charge in [0.2, 0.25) is 0 Å². The molecule has 11 saturated carbocycles. The minimum absolute atomic E-state index is 0.933. The Morgan fingerprint density at radius 1 is 0.141 bits per heavy atom. The van der Waals surface area contributed by atoms with Crippen LogP contribution in [0.2, 0.25) is 0 Å². The highest BCUT2D eigenvalue weighted by molar-refractivity contribution is 5.01. The van der Waals surface area contributed by atoms with Gasteiger partial charge in [-0.05, 0) is 251 Å². The highest BCUT2D eigenvalue weighted by Gasteiger charge is 2.50. The summed E-state index contributed by atoms with van der Waals surface area (Å²) >= 11 is 0. The molecule has 0 aromatic heterocycles. The maximum absolute atomic E-state index is 3.25. The van der Waals surface area contributed by atoms with Gasteiger partial charge in [0.1, 0.15) is 0 Å². The molecule has 8 atom stereocenters. The third-order valence-electron chi connectivity index (χ3n) is 24.2. The van der Waals surface area contributed by atoms with Crippen molar-refractivity contribution in [2.75, 3.05) is 0 Å². The molecule has 11 fully saturated rings. The fourth-order valence-electron chi connectivity index (χ4n) is 21.4. The van der Waals surface area contributed by atoms with Crippen molar-refractivity contribution in [1.29, 1.82) is 0 Å². The average Bonchev–Trinajstić information content (AvgIpc) is 3.38. The number of rotatable bonds is 10. The zero-order valence-electron chi connectivity index (χ0n) is 42.4. The molecule has 11 aliphatic carbocycles. The first-order valence-corrected chi connectivity index (χ1v) is 31.3. The van der Waals surface area contributed by atoms with Gasteiger partial charge in [0.05, 0.1) is 0 Å². The molecule has 64 heavy (non-hydrogen) atoms. The molecule has 2 heteroatoms. The van der Waals surface area contributed by atoms with E-state index in [4.69, 9.17) is 0 Å². The molecule has 0 amide bonds. The number of hydrogen-bond acceptors (Lipinski definition) is 2. The van der Waals surface area contributed by atoms with E-state index in [2.05, 4.69) is 9.80 Å². The molecule has 364 valence electrons. The molecule has 0 aromatic carbocycles. The van der Waals surface area contributed by atoms with E-state index in [9.17, 15) is 0 Å². The summed E-state index contributed by atoms with van der Waals surface area (Å²) in [5.41, 5.74) is 0. The summed E-state index contributed by atoms with van der Waals surface area (Å²) in [6.07, 6.45) is 68.7. The lowest BCUT2D eigenvalue weighted by Crippen LogP contribution is -2.52. The molecular formula is C62H106N2. The predicted octanol–water partition coefficient (Wildman–Crippen LogP) is 17.5. The van der Waals surface area contributed by atoms with Gasteiger partial charge in [0.15, 0.2) is 0 Å². The summed E-state index contributed by atoms with van der Waals surface area (Å²) in [7, 11) is 0. The normalized spacial score (nSPS) is 44.3. The second-order valence-electron chi connectivity index (χ2n) is 26.9. The summed E-state index contributed by atoms with van der Waals surface area (Å²) in [6, 6.07) is 5.62. The fraction of sp³-hybridized carbons (Fsp3) is 1.00. The first-order valence-electron chi connectivity index (χ1n) is 31.3. The fourth-order valence-corrected chi connectivity index (χ4v) is 21.4. The molecule has 0 bridgehead atoms. The average molecular weight is 880 g/mol. The van der Waals surface area contributed by atoms with Crippen molar-refractivity contribution >= 4 is 0 Å². The van der Waals surface area contributed by atoms with Gasteiger partial charge in [-0.25, -0.2) is 0 Å². The summed E-state index contributed by atoms with van der Waals surface area (Å²) in [6.45, 7) is 0. The van der Waals surface area contributed by atoms with Crippen molar-refractivity contribution in [3.8, 4) is 0 Å². The van der Waals surface area contributed by atoms with Crippen LogP contribution in [0.4, 0.5) is 0 Å². The summed E-state index contributed by atoms with van der Waals surface area (Å²) in [5, 5.41) is 0. The van der Waals surface area contributed by atoms with E-state index >= 15 is 0 Å². The first kappa shape index (κ1) is 46.3. The molecule has 8 unspecified atom stereocenters. The summed E-state index contributed by atoms with van der Waals surface area (Å²) in [4.78, 5) is 6.50. The molecule has 2 nitrogen and oxygen atoms in total. The Morgan fingerprint density at radius 3 is 0.562 bits per heavy atom. The SMILES string of the molecule is C1CCC(N(C2CCCCC2)C2CCC(C3CCC(C4CCC(C5CCC(C6CCC(N(C7CCCCC7)C7CCCCC7)CC6)C6CCCCC56)CC4)C4CCCCC34)CC2)CC1. The number of fused-ring (bicyclic) bond motifs is 2. The molecular weight excluding hydrogens is 773 g/mol. The minimum Gasteiger partial charge on any atom is -0.294 e. The topological polar surface area (TPSA) is 6.48 Å². The van der Waals surface area contributed by atoms with Crippen molar-refractivity contribution in [3.63, 3.8) is 0 Å². The minimum atomic E-state index is 0.933. The Bertz CT molecular complexity index is 1220. The van der Waals surface area contributed by atoms with Crippen LogP contribution < -0.4 is 0 Å². The molecule has 0 saturated heterocycles. The van der Waals surface area contributed by atoms with Crippen LogP contribution in [0.15, 0.2) is 0 Å². The molecule has 0 heterocycles. The summed E-state index contributed by atoms with van der Waals surface area (Å²) < 4.78 is 0. The quantitative estimate of drug-likeness (QED) is 0.216. The Morgan fingerprint density at radius 2 is 0.328 bits per heavy atom. The third-order valence-corrected chi connectivity index (χ3v) is 24.2. The van der Waals surface area contributed by atoms with Crippen molar-refractivity contribution < 1.29 is 0 Å². The molecule has 0 aliphatic heterocycles. The largest absolute Gasteiger partial charge is 0.294 e. The van der Waals surface area contributed by atoms with Crippen LogP contribution >= 0.6 is 0 Å². The van der Waals surface area contributed by atoms with Crippen LogP contribution in [-0.2, 0) is 0 Å². The van der Waals surface area contributed by atoms with Crippen molar-refractivity contribution in [2.45, 2.75) is 319 Å². The van der Waals surface area contributed by atoms with E-state index in [-0.39, 0.29) is 0 Å². The van der Waals surface area contributed by atoms with Crippen LogP contribution in [0.25, 0.3) is 0 Å². The monoisotopic (exact) mass is 879 g/mol. The number of hydrogen-bond donors (Lipinski definition) is 0. The van der Waals surface area contributed by atoms with E-state index < -0.39 is 0 Å². The molecule has 0 spiro atoms. The third kappa shape index (κ3) is 10.2. The van der Waals surface area contributed by atoms with Gasteiger partial charge in [-0.15, -0.1) is 0 Å². The Labute approximate surface area is 397 Å². The van der Waals surface area contributed by atoms with Crippen LogP contribution in [0, 0.1) is 71.0 Å². The zero-order valence-corrected chi connectivity index (χ0v) is 42.4. The second-order valence-corrected chi connectivity index (χ2v) is 26.9. The van der Waals surface area contributed by atoms with Crippen molar-refractivity contribution in [1.82, 2.24) is 9.80 Å². The molecule has 11 rings (SSSR count). The highest BCUT2D eigenvalue weighted by atomic mass is 15.2. The van der Waals surface area contributed by atoms with Gasteiger partial charge in [0.25, 0.3) is 0 Å². The van der Waals surface area contributed by atoms with Crippen molar-refractivity contribution in [3.05, 3.63) is 0 Å². The smallest absolute Gasteiger partial charge is 0.0101 e. The van der Waals surface area contributed by atoms with Crippen molar-refractivity contribution in [2.24, 2.45) is 71.0 Å². The summed E-state index contributed by atoms with van der Waals surface area (Å²) in [5.74, 6) is 13.2. The van der Waals surface area contributed by atoms with E-state index in [1.807, 2.05) is 0 Å². The second kappa shape index (κ2) is 22.3. The number of nitrogens with zero attached hydrogens (tertiary/aromatic N) is 2.